The van der Waals surface area contributed by atoms with Gasteiger partial charge in [-0.15, -0.1) is 0 Å². The van der Waals surface area contributed by atoms with Crippen molar-refractivity contribution in [3.63, 3.8) is 0 Å². The Morgan fingerprint density at radius 2 is 2.25 bits per heavy atom. The molecule has 1 atom stereocenters. The van der Waals surface area contributed by atoms with Crippen LogP contribution in [0.3, 0.4) is 0 Å². The number of nitrogens with two attached hydrogens (primary N) is 1. The van der Waals surface area contributed by atoms with Gasteiger partial charge < -0.3 is 16.2 Å². The summed E-state index contributed by atoms with van der Waals surface area (Å²) in [4.78, 5) is 20.7. The molecular formula is C7H12N2O3. The smallest absolute Gasteiger partial charge is 0.326 e. The van der Waals surface area contributed by atoms with Crippen molar-refractivity contribution in [3.8, 4) is 0 Å². The standard InChI is InChI=1S/C7H12N2O3/c1-2-9-5(7(11)12)3-4-6(8)10/h2,5,9H,1,3-4H2,(H2,8,10)(H,11,12). The van der Waals surface area contributed by atoms with Gasteiger partial charge in [-0.1, -0.05) is 6.58 Å². The number of hydrogen-bond donors (Lipinski definition) is 3. The number of aliphatic carboxylic acids is 1. The summed E-state index contributed by atoms with van der Waals surface area (Å²) in [5.41, 5.74) is 4.85. The number of carboxylic acid groups (broad SMARTS) is 1. The van der Waals surface area contributed by atoms with Crippen LogP contribution in [0.5, 0.6) is 0 Å². The highest BCUT2D eigenvalue weighted by atomic mass is 16.4. The third-order valence-corrected chi connectivity index (χ3v) is 1.30. The molecule has 0 heterocycles. The van der Waals surface area contributed by atoms with Gasteiger partial charge in [-0.05, 0) is 12.6 Å². The van der Waals surface area contributed by atoms with E-state index in [0.717, 1.165) is 0 Å². The molecule has 4 N–H and O–H groups in total. The molecule has 0 aliphatic heterocycles. The first-order valence-electron chi connectivity index (χ1n) is 3.46. The summed E-state index contributed by atoms with van der Waals surface area (Å²) in [6, 6.07) is -0.782. The first-order valence-corrected chi connectivity index (χ1v) is 3.46. The van der Waals surface area contributed by atoms with Crippen LogP contribution in [0, 0.1) is 0 Å². The summed E-state index contributed by atoms with van der Waals surface area (Å²) in [5.74, 6) is -1.52. The van der Waals surface area contributed by atoms with Crippen molar-refractivity contribution in [2.45, 2.75) is 18.9 Å². The fourth-order valence-corrected chi connectivity index (χ4v) is 0.707. The average molecular weight is 172 g/mol. The number of carbonyl (C=O) groups is 2. The van der Waals surface area contributed by atoms with Crippen LogP contribution in [0.2, 0.25) is 0 Å². The fourth-order valence-electron chi connectivity index (χ4n) is 0.707. The maximum Gasteiger partial charge on any atom is 0.326 e. The molecule has 0 bridgehead atoms. The number of rotatable bonds is 6. The summed E-state index contributed by atoms with van der Waals surface area (Å²) in [7, 11) is 0. The van der Waals surface area contributed by atoms with Gasteiger partial charge in [0.1, 0.15) is 6.04 Å². The van der Waals surface area contributed by atoms with Gasteiger partial charge in [0.05, 0.1) is 0 Å². The van der Waals surface area contributed by atoms with Crippen LogP contribution in [0.1, 0.15) is 12.8 Å². The quantitative estimate of drug-likeness (QED) is 0.500. The molecule has 12 heavy (non-hydrogen) atoms. The lowest BCUT2D eigenvalue weighted by Gasteiger charge is -2.10. The molecule has 68 valence electrons. The molecule has 5 nitrogen and oxygen atoms in total. The van der Waals surface area contributed by atoms with Gasteiger partial charge in [0.2, 0.25) is 5.91 Å². The van der Waals surface area contributed by atoms with Crippen molar-refractivity contribution in [3.05, 3.63) is 12.8 Å². The molecule has 0 aromatic heterocycles. The summed E-state index contributed by atoms with van der Waals surface area (Å²) < 4.78 is 0. The molecule has 0 aliphatic rings. The largest absolute Gasteiger partial charge is 0.480 e. The van der Waals surface area contributed by atoms with Crippen molar-refractivity contribution in [1.29, 1.82) is 0 Å². The van der Waals surface area contributed by atoms with Gasteiger partial charge in [-0.3, -0.25) is 4.79 Å². The van der Waals surface area contributed by atoms with Crippen LogP contribution >= 0.6 is 0 Å². The second-order valence-corrected chi connectivity index (χ2v) is 2.27. The Morgan fingerprint density at radius 3 is 2.58 bits per heavy atom. The number of carbonyl (C=O) groups excluding carboxylic acids is 1. The number of carboxylic acids is 1. The molecule has 5 heteroatoms. The Kier molecular flexibility index (Phi) is 4.52. The van der Waals surface area contributed by atoms with Crippen LogP contribution in [0.15, 0.2) is 12.8 Å². The van der Waals surface area contributed by atoms with Crippen LogP contribution in [-0.2, 0) is 9.59 Å². The van der Waals surface area contributed by atoms with Crippen molar-refractivity contribution in [2.24, 2.45) is 5.73 Å². The highest BCUT2D eigenvalue weighted by Crippen LogP contribution is 1.96. The SMILES string of the molecule is C=CNC(CCC(N)=O)C(=O)O. The summed E-state index contributed by atoms with van der Waals surface area (Å²) in [6.45, 7) is 3.32. The number of primary amides is 1. The summed E-state index contributed by atoms with van der Waals surface area (Å²) in [5, 5.41) is 11.0. The van der Waals surface area contributed by atoms with E-state index in [9.17, 15) is 9.59 Å². The molecule has 0 saturated heterocycles. The lowest BCUT2D eigenvalue weighted by atomic mass is 10.1. The Labute approximate surface area is 70.2 Å². The molecule has 0 aromatic carbocycles. The van der Waals surface area contributed by atoms with Gasteiger partial charge in [0, 0.05) is 6.42 Å². The lowest BCUT2D eigenvalue weighted by Crippen LogP contribution is -2.34. The van der Waals surface area contributed by atoms with E-state index >= 15 is 0 Å². The predicted molar refractivity (Wildman–Crippen MR) is 43.2 cm³/mol. The predicted octanol–water partition coefficient (Wildman–Crippen LogP) is -0.562. The van der Waals surface area contributed by atoms with E-state index in [1.807, 2.05) is 0 Å². The first-order chi connectivity index (χ1) is 5.57. The fraction of sp³-hybridized carbons (Fsp3) is 0.429. The van der Waals surface area contributed by atoms with E-state index in [-0.39, 0.29) is 12.8 Å². The number of amides is 1. The zero-order valence-corrected chi connectivity index (χ0v) is 6.62. The summed E-state index contributed by atoms with van der Waals surface area (Å²) in [6.07, 6.45) is 1.51. The zero-order valence-electron chi connectivity index (χ0n) is 6.62. The maximum atomic E-state index is 10.4. The van der Waals surface area contributed by atoms with Crippen LogP contribution < -0.4 is 11.1 Å². The van der Waals surface area contributed by atoms with Crippen LogP contribution in [0.4, 0.5) is 0 Å². The van der Waals surface area contributed by atoms with Crippen molar-refractivity contribution in [2.75, 3.05) is 0 Å². The van der Waals surface area contributed by atoms with E-state index in [1.54, 1.807) is 0 Å². The molecular weight excluding hydrogens is 160 g/mol. The van der Waals surface area contributed by atoms with Gasteiger partial charge in [0.25, 0.3) is 0 Å². The second kappa shape index (κ2) is 5.17. The van der Waals surface area contributed by atoms with Crippen LogP contribution in [0.25, 0.3) is 0 Å². The van der Waals surface area contributed by atoms with E-state index in [0.29, 0.717) is 0 Å². The molecule has 0 aliphatic carbocycles. The molecule has 1 unspecified atom stereocenters. The van der Waals surface area contributed by atoms with E-state index in [4.69, 9.17) is 10.8 Å². The summed E-state index contributed by atoms with van der Waals surface area (Å²) >= 11 is 0. The highest BCUT2D eigenvalue weighted by Gasteiger charge is 2.15. The Morgan fingerprint density at radius 1 is 1.67 bits per heavy atom. The Hall–Kier alpha value is -1.52. The Bertz CT molecular complexity index is 191. The molecule has 0 rings (SSSR count). The number of hydrogen-bond acceptors (Lipinski definition) is 3. The molecule has 1 amide bonds. The highest BCUT2D eigenvalue weighted by molar-refractivity contribution is 5.77. The van der Waals surface area contributed by atoms with Gasteiger partial charge >= 0.3 is 5.97 Å². The van der Waals surface area contributed by atoms with Gasteiger partial charge in [0.15, 0.2) is 0 Å². The van der Waals surface area contributed by atoms with Crippen LogP contribution in [-0.4, -0.2) is 23.0 Å². The van der Waals surface area contributed by atoms with Gasteiger partial charge in [-0.25, -0.2) is 4.79 Å². The van der Waals surface area contributed by atoms with Crippen molar-refractivity contribution < 1.29 is 14.7 Å². The number of nitrogens with one attached hydrogen (secondary N) is 1. The maximum absolute atomic E-state index is 10.4. The van der Waals surface area contributed by atoms with E-state index in [1.165, 1.54) is 6.20 Å². The zero-order chi connectivity index (χ0) is 9.56. The second-order valence-electron chi connectivity index (χ2n) is 2.27. The minimum Gasteiger partial charge on any atom is -0.480 e. The van der Waals surface area contributed by atoms with E-state index in [2.05, 4.69) is 11.9 Å². The third-order valence-electron chi connectivity index (χ3n) is 1.30. The van der Waals surface area contributed by atoms with Crippen molar-refractivity contribution >= 4 is 11.9 Å². The molecule has 0 saturated carbocycles. The first kappa shape index (κ1) is 10.5. The molecule has 0 fully saturated rings. The van der Waals surface area contributed by atoms with Crippen molar-refractivity contribution in [1.82, 2.24) is 5.32 Å². The third kappa shape index (κ3) is 4.32. The minimum absolute atomic E-state index is 0.0534. The monoisotopic (exact) mass is 172 g/mol. The average Bonchev–Trinajstić information content (AvgIpc) is 1.96. The molecule has 0 spiro atoms. The topological polar surface area (TPSA) is 92.4 Å². The Balaban J connectivity index is 3.86. The lowest BCUT2D eigenvalue weighted by molar-refractivity contribution is -0.139. The molecule has 0 radical (unpaired) electrons. The van der Waals surface area contributed by atoms with Gasteiger partial charge in [-0.2, -0.15) is 0 Å². The normalized spacial score (nSPS) is 11.7. The van der Waals surface area contributed by atoms with E-state index < -0.39 is 17.9 Å². The molecule has 0 aromatic rings. The minimum atomic E-state index is -1.02.